The monoisotopic (exact) mass is 301 g/mol. The molecule has 14 heavy (non-hydrogen) atoms. The molecule has 0 heterocycles. The minimum absolute atomic E-state index is 0.0672. The Morgan fingerprint density at radius 2 is 1.93 bits per heavy atom. The minimum atomic E-state index is -0.359. The Morgan fingerprint density at radius 3 is 2.21 bits per heavy atom. The number of rotatable bonds is 4. The Labute approximate surface area is 101 Å². The SMILES string of the molecule is COC(C)C(=CC(=O)C(C)(C)C)[O][InH]. The zero-order valence-corrected chi connectivity index (χ0v) is 13.6. The number of ketones is 1. The van der Waals surface area contributed by atoms with E-state index in [2.05, 4.69) is 0 Å². The molecule has 1 atom stereocenters. The topological polar surface area (TPSA) is 35.5 Å². The molecular formula is C10H18InO3. The molecular weight excluding hydrogens is 283 g/mol. The summed E-state index contributed by atoms with van der Waals surface area (Å²) < 4.78 is 10.4. The standard InChI is InChI=1S/C10H18O3.In.H/c1-7(13-5)8(11)6-9(12)10(2,3)4;;/h6-7,11H,1-5H3;;/q;+1;/p-1. The molecule has 0 aliphatic heterocycles. The van der Waals surface area contributed by atoms with Crippen molar-refractivity contribution in [2.45, 2.75) is 33.8 Å². The van der Waals surface area contributed by atoms with Crippen LogP contribution in [0.1, 0.15) is 27.7 Å². The van der Waals surface area contributed by atoms with E-state index in [0.717, 1.165) is 0 Å². The first-order valence-electron chi connectivity index (χ1n) is 4.53. The maximum absolute atomic E-state index is 11.7. The molecule has 0 aliphatic rings. The molecule has 0 amide bonds. The van der Waals surface area contributed by atoms with Crippen LogP contribution in [0.3, 0.4) is 0 Å². The fraction of sp³-hybridized carbons (Fsp3) is 0.700. The number of ether oxygens (including phenoxy) is 1. The molecule has 79 valence electrons. The zero-order valence-electron chi connectivity index (χ0n) is 9.59. The first-order chi connectivity index (χ1) is 6.32. The second-order valence-electron chi connectivity index (χ2n) is 4.18. The van der Waals surface area contributed by atoms with E-state index in [1.165, 1.54) is 0 Å². The molecule has 0 aliphatic carbocycles. The quantitative estimate of drug-likeness (QED) is 0.581. The summed E-state index contributed by atoms with van der Waals surface area (Å²) in [4.78, 5) is 11.7. The number of allylic oxidation sites excluding steroid dienone is 1. The van der Waals surface area contributed by atoms with E-state index in [9.17, 15) is 4.79 Å². The van der Waals surface area contributed by atoms with Crippen molar-refractivity contribution in [2.24, 2.45) is 5.41 Å². The van der Waals surface area contributed by atoms with Crippen molar-refractivity contribution < 1.29 is 12.4 Å². The van der Waals surface area contributed by atoms with Crippen LogP contribution in [0.25, 0.3) is 0 Å². The summed E-state index contributed by atoms with van der Waals surface area (Å²) >= 11 is 0.349. The van der Waals surface area contributed by atoms with Gasteiger partial charge in [0.1, 0.15) is 0 Å². The van der Waals surface area contributed by atoms with Crippen LogP contribution in [0.4, 0.5) is 0 Å². The summed E-state index contributed by atoms with van der Waals surface area (Å²) in [6, 6.07) is 0. The number of methoxy groups -OCH3 is 1. The molecule has 0 N–H and O–H groups in total. The molecule has 4 heteroatoms. The zero-order chi connectivity index (χ0) is 11.4. The van der Waals surface area contributed by atoms with Gasteiger partial charge in [0.15, 0.2) is 0 Å². The van der Waals surface area contributed by atoms with Gasteiger partial charge in [-0.25, -0.2) is 0 Å². The van der Waals surface area contributed by atoms with Crippen LogP contribution in [0, 0.1) is 5.41 Å². The van der Waals surface area contributed by atoms with E-state index < -0.39 is 0 Å². The van der Waals surface area contributed by atoms with Crippen LogP contribution in [0.15, 0.2) is 11.8 Å². The Bertz CT molecular complexity index is 228. The molecule has 0 fully saturated rings. The fourth-order valence-corrected chi connectivity index (χ4v) is 1.65. The van der Waals surface area contributed by atoms with E-state index in [0.29, 0.717) is 30.6 Å². The molecule has 0 bridgehead atoms. The normalized spacial score (nSPS) is 15.1. The molecule has 0 aromatic carbocycles. The molecule has 1 unspecified atom stereocenters. The Morgan fingerprint density at radius 1 is 1.43 bits per heavy atom. The van der Waals surface area contributed by atoms with Crippen LogP contribution >= 0.6 is 0 Å². The van der Waals surface area contributed by atoms with Crippen molar-refractivity contribution >= 4 is 30.6 Å². The summed E-state index contributed by atoms with van der Waals surface area (Å²) in [5.41, 5.74) is -0.359. The third-order valence-corrected chi connectivity index (χ3v) is 2.88. The number of carbonyl (C=O) groups excluding carboxylic acids is 1. The van der Waals surface area contributed by atoms with Gasteiger partial charge in [0.05, 0.1) is 0 Å². The van der Waals surface area contributed by atoms with Crippen LogP contribution in [-0.2, 0) is 12.4 Å². The van der Waals surface area contributed by atoms with Crippen molar-refractivity contribution in [1.29, 1.82) is 0 Å². The van der Waals surface area contributed by atoms with Gasteiger partial charge in [-0.3, -0.25) is 0 Å². The first kappa shape index (κ1) is 14.0. The Hall–Kier alpha value is 0.0401. The van der Waals surface area contributed by atoms with E-state index >= 15 is 0 Å². The van der Waals surface area contributed by atoms with Gasteiger partial charge in [-0.1, -0.05) is 0 Å². The Balaban J connectivity index is 4.69. The third-order valence-electron chi connectivity index (χ3n) is 1.93. The van der Waals surface area contributed by atoms with E-state index in [4.69, 9.17) is 7.59 Å². The summed E-state index contributed by atoms with van der Waals surface area (Å²) in [6.45, 7) is 7.52. The van der Waals surface area contributed by atoms with E-state index in [1.54, 1.807) is 13.2 Å². The third kappa shape index (κ3) is 4.51. The molecule has 0 spiro atoms. The van der Waals surface area contributed by atoms with Gasteiger partial charge in [-0.05, 0) is 0 Å². The predicted octanol–water partition coefficient (Wildman–Crippen LogP) is 1.35. The van der Waals surface area contributed by atoms with Gasteiger partial charge in [-0.2, -0.15) is 0 Å². The molecule has 3 nitrogen and oxygen atoms in total. The second-order valence-corrected chi connectivity index (χ2v) is 5.01. The van der Waals surface area contributed by atoms with Crippen LogP contribution in [0.5, 0.6) is 0 Å². The van der Waals surface area contributed by atoms with E-state index in [-0.39, 0.29) is 17.3 Å². The number of hydrogen-bond donors (Lipinski definition) is 0. The van der Waals surface area contributed by atoms with Crippen molar-refractivity contribution in [2.75, 3.05) is 7.11 Å². The summed E-state index contributed by atoms with van der Waals surface area (Å²) in [6.07, 6.45) is 1.40. The van der Waals surface area contributed by atoms with Gasteiger partial charge in [-0.15, -0.1) is 0 Å². The summed E-state index contributed by atoms with van der Waals surface area (Å²) in [7, 11) is 1.60. The first-order valence-corrected chi connectivity index (χ1v) is 6.18. The van der Waals surface area contributed by atoms with Gasteiger partial charge in [0.2, 0.25) is 0 Å². The van der Waals surface area contributed by atoms with Crippen LogP contribution in [0.2, 0.25) is 0 Å². The molecule has 0 aromatic rings. The summed E-state index contributed by atoms with van der Waals surface area (Å²) in [5, 5.41) is 0. The number of carbonyl (C=O) groups is 1. The summed E-state index contributed by atoms with van der Waals surface area (Å²) in [5.74, 6) is 0.705. The van der Waals surface area contributed by atoms with Gasteiger partial charge in [0.25, 0.3) is 0 Å². The predicted molar refractivity (Wildman–Crippen MR) is 57.3 cm³/mol. The second kappa shape index (κ2) is 5.81. The van der Waals surface area contributed by atoms with Gasteiger partial charge >= 0.3 is 101 Å². The molecule has 0 saturated heterocycles. The molecule has 0 saturated carbocycles. The van der Waals surface area contributed by atoms with Gasteiger partial charge < -0.3 is 0 Å². The Kier molecular flexibility index (Phi) is 5.83. The molecule has 0 rings (SSSR count). The average molecular weight is 301 g/mol. The van der Waals surface area contributed by atoms with Crippen LogP contribution in [-0.4, -0.2) is 43.8 Å². The van der Waals surface area contributed by atoms with Crippen molar-refractivity contribution in [3.05, 3.63) is 11.8 Å². The molecule has 0 aromatic heterocycles. The van der Waals surface area contributed by atoms with Crippen molar-refractivity contribution in [1.82, 2.24) is 0 Å². The fourth-order valence-electron chi connectivity index (χ4n) is 0.738. The van der Waals surface area contributed by atoms with E-state index in [1.807, 2.05) is 27.7 Å². The number of hydrogen-bond acceptors (Lipinski definition) is 3. The van der Waals surface area contributed by atoms with Crippen molar-refractivity contribution in [3.63, 3.8) is 0 Å². The van der Waals surface area contributed by atoms with Crippen molar-refractivity contribution in [3.8, 4) is 0 Å². The maximum atomic E-state index is 11.7. The average Bonchev–Trinajstić information content (AvgIpc) is 2.10. The van der Waals surface area contributed by atoms with Crippen LogP contribution < -0.4 is 0 Å². The van der Waals surface area contributed by atoms with Gasteiger partial charge in [0, 0.05) is 0 Å². The molecule has 1 radical (unpaired) electrons.